The van der Waals surface area contributed by atoms with Crippen LogP contribution in [0.25, 0.3) is 122 Å². The Kier molecular flexibility index (Phi) is 7.80. The van der Waals surface area contributed by atoms with Gasteiger partial charge in [-0.1, -0.05) is 176 Å². The predicted octanol–water partition coefficient (Wildman–Crippen LogP) is 14.6. The SMILES string of the molecule is c1ccc(-c2ccc3c4ccccc4n(-c4nc(-c5cccc(-c6cccc7c6oc6ccccc67)c5)nc(-n5c6ccccc6c6ccc(-c7ccccc7)cc65)n4)c3c2)cc1. The van der Waals surface area contributed by atoms with Crippen LogP contribution in [0.2, 0.25) is 0 Å². The van der Waals surface area contributed by atoms with E-state index < -0.39 is 0 Å². The second-order valence-corrected chi connectivity index (χ2v) is 16.0. The van der Waals surface area contributed by atoms with Crippen molar-refractivity contribution < 1.29 is 4.42 Å². The van der Waals surface area contributed by atoms with Gasteiger partial charge in [-0.15, -0.1) is 0 Å². The van der Waals surface area contributed by atoms with Crippen molar-refractivity contribution in [2.75, 3.05) is 0 Å². The van der Waals surface area contributed by atoms with Crippen LogP contribution in [0.1, 0.15) is 0 Å². The van der Waals surface area contributed by atoms with Gasteiger partial charge in [-0.3, -0.25) is 9.13 Å². The van der Waals surface area contributed by atoms with Gasteiger partial charge >= 0.3 is 0 Å². The van der Waals surface area contributed by atoms with Crippen molar-refractivity contribution in [1.82, 2.24) is 24.1 Å². The first-order valence-corrected chi connectivity index (χ1v) is 21.2. The van der Waals surface area contributed by atoms with Crippen LogP contribution in [0.15, 0.2) is 217 Å². The molecule has 0 saturated carbocycles. The topological polar surface area (TPSA) is 61.7 Å². The Hall–Kier alpha value is -8.61. The fourth-order valence-electron chi connectivity index (χ4n) is 9.48. The number of furan rings is 1. The minimum atomic E-state index is 0.529. The zero-order valence-corrected chi connectivity index (χ0v) is 33.9. The van der Waals surface area contributed by atoms with E-state index in [1.54, 1.807) is 0 Å². The Morgan fingerprint density at radius 3 is 1.40 bits per heavy atom. The van der Waals surface area contributed by atoms with Crippen LogP contribution in [-0.4, -0.2) is 24.1 Å². The van der Waals surface area contributed by atoms with Gasteiger partial charge in [0.25, 0.3) is 0 Å². The molecule has 0 N–H and O–H groups in total. The minimum Gasteiger partial charge on any atom is -0.455 e. The van der Waals surface area contributed by atoms with Crippen molar-refractivity contribution in [1.29, 1.82) is 0 Å². The van der Waals surface area contributed by atoms with E-state index in [9.17, 15) is 0 Å². The maximum Gasteiger partial charge on any atom is 0.240 e. The molecule has 0 aliphatic carbocycles. The van der Waals surface area contributed by atoms with Gasteiger partial charge in [0, 0.05) is 43.4 Å². The van der Waals surface area contributed by atoms with Crippen LogP contribution in [-0.2, 0) is 0 Å². The molecule has 0 saturated heterocycles. The van der Waals surface area contributed by atoms with Gasteiger partial charge < -0.3 is 4.42 Å². The number of hydrogen-bond acceptors (Lipinski definition) is 4. The fourth-order valence-corrected chi connectivity index (χ4v) is 9.48. The zero-order valence-electron chi connectivity index (χ0n) is 33.9. The molecule has 0 atom stereocenters. The summed E-state index contributed by atoms with van der Waals surface area (Å²) in [6.45, 7) is 0. The lowest BCUT2D eigenvalue weighted by atomic mass is 10.0. The van der Waals surface area contributed by atoms with E-state index in [-0.39, 0.29) is 0 Å². The summed E-state index contributed by atoms with van der Waals surface area (Å²) in [5.41, 5.74) is 13.2. The number of benzene rings is 9. The van der Waals surface area contributed by atoms with E-state index in [1.807, 2.05) is 12.1 Å². The molecular formula is C57H35N5O. The molecule has 13 rings (SSSR count). The van der Waals surface area contributed by atoms with Crippen LogP contribution in [0.4, 0.5) is 0 Å². The molecular weight excluding hydrogens is 771 g/mol. The summed E-state index contributed by atoms with van der Waals surface area (Å²) in [7, 11) is 0. The van der Waals surface area contributed by atoms with Crippen molar-refractivity contribution in [3.8, 4) is 56.7 Å². The van der Waals surface area contributed by atoms with E-state index in [4.69, 9.17) is 19.4 Å². The van der Waals surface area contributed by atoms with Crippen molar-refractivity contribution in [2.24, 2.45) is 0 Å². The number of fused-ring (bicyclic) bond motifs is 9. The van der Waals surface area contributed by atoms with Crippen molar-refractivity contribution >= 4 is 65.6 Å². The predicted molar refractivity (Wildman–Crippen MR) is 258 cm³/mol. The minimum absolute atomic E-state index is 0.529. The van der Waals surface area contributed by atoms with Crippen LogP contribution >= 0.6 is 0 Å². The van der Waals surface area contributed by atoms with Crippen molar-refractivity contribution in [3.05, 3.63) is 212 Å². The first kappa shape index (κ1) is 35.2. The molecule has 0 bridgehead atoms. The molecule has 0 aliphatic heterocycles. The fraction of sp³-hybridized carbons (Fsp3) is 0. The van der Waals surface area contributed by atoms with Crippen LogP contribution in [0.3, 0.4) is 0 Å². The van der Waals surface area contributed by atoms with Gasteiger partial charge in [-0.25, -0.2) is 0 Å². The molecule has 0 spiro atoms. The summed E-state index contributed by atoms with van der Waals surface area (Å²) >= 11 is 0. The molecule has 294 valence electrons. The highest BCUT2D eigenvalue weighted by molar-refractivity contribution is 6.12. The van der Waals surface area contributed by atoms with Crippen LogP contribution in [0.5, 0.6) is 0 Å². The second-order valence-electron chi connectivity index (χ2n) is 16.0. The van der Waals surface area contributed by atoms with E-state index in [1.165, 1.54) is 0 Å². The van der Waals surface area contributed by atoms with Gasteiger partial charge in [-0.05, 0) is 64.2 Å². The standard InChI is InChI=1S/C57H35N5O/c1-3-15-36(16-4-1)38-29-31-45-43-21-7-10-26-49(43)61(51(45)34-38)56-58-55(41-20-13-19-40(33-41)42-24-14-25-48-47-23-9-12-28-53(47)63-54(42)48)59-57(60-56)62-50-27-11-8-22-44(50)46-32-30-39(35-52(46)62)37-17-5-2-6-18-37/h1-35H. The van der Waals surface area contributed by atoms with Gasteiger partial charge in [0.1, 0.15) is 11.2 Å². The molecule has 13 aromatic rings. The summed E-state index contributed by atoms with van der Waals surface area (Å²) in [6.07, 6.45) is 0. The Morgan fingerprint density at radius 1 is 0.302 bits per heavy atom. The summed E-state index contributed by atoms with van der Waals surface area (Å²) < 4.78 is 10.9. The van der Waals surface area contributed by atoms with Gasteiger partial charge in [0.15, 0.2) is 5.82 Å². The lowest BCUT2D eigenvalue weighted by Gasteiger charge is -2.14. The van der Waals surface area contributed by atoms with Crippen LogP contribution in [0, 0.1) is 0 Å². The third kappa shape index (κ3) is 5.62. The molecule has 4 heterocycles. The molecule has 9 aromatic carbocycles. The van der Waals surface area contributed by atoms with Gasteiger partial charge in [0.2, 0.25) is 11.9 Å². The maximum atomic E-state index is 6.52. The Morgan fingerprint density at radius 2 is 0.778 bits per heavy atom. The van der Waals surface area contributed by atoms with Crippen molar-refractivity contribution in [3.63, 3.8) is 0 Å². The Bertz CT molecular complexity index is 3740. The van der Waals surface area contributed by atoms with Gasteiger partial charge in [-0.2, -0.15) is 15.0 Å². The molecule has 0 unspecified atom stereocenters. The smallest absolute Gasteiger partial charge is 0.240 e. The van der Waals surface area contributed by atoms with E-state index in [0.29, 0.717) is 17.7 Å². The first-order chi connectivity index (χ1) is 31.2. The molecule has 6 heteroatoms. The molecule has 0 fully saturated rings. The number of para-hydroxylation sites is 4. The summed E-state index contributed by atoms with van der Waals surface area (Å²) in [5.74, 6) is 1.62. The number of hydrogen-bond donors (Lipinski definition) is 0. The molecule has 6 nitrogen and oxygen atoms in total. The largest absolute Gasteiger partial charge is 0.455 e. The Labute approximate surface area is 361 Å². The average Bonchev–Trinajstić information content (AvgIpc) is 4.02. The summed E-state index contributed by atoms with van der Waals surface area (Å²) in [5, 5.41) is 6.68. The van der Waals surface area contributed by atoms with Gasteiger partial charge in [0.05, 0.1) is 22.1 Å². The van der Waals surface area contributed by atoms with E-state index >= 15 is 0 Å². The highest BCUT2D eigenvalue weighted by Gasteiger charge is 2.22. The summed E-state index contributed by atoms with van der Waals surface area (Å²) in [4.78, 5) is 16.3. The lowest BCUT2D eigenvalue weighted by Crippen LogP contribution is -2.10. The molecule has 0 aliphatic rings. The van der Waals surface area contributed by atoms with E-state index in [0.717, 1.165) is 104 Å². The first-order valence-electron chi connectivity index (χ1n) is 21.2. The molecule has 4 aromatic heterocycles. The third-order valence-corrected chi connectivity index (χ3v) is 12.4. The zero-order chi connectivity index (χ0) is 41.4. The molecule has 0 radical (unpaired) electrons. The summed E-state index contributed by atoms with van der Waals surface area (Å²) in [6, 6.07) is 74.5. The average molecular weight is 806 g/mol. The third-order valence-electron chi connectivity index (χ3n) is 12.4. The Balaban J connectivity index is 1.09. The number of rotatable bonds is 6. The lowest BCUT2D eigenvalue weighted by molar-refractivity contribution is 0.670. The van der Waals surface area contributed by atoms with Crippen LogP contribution < -0.4 is 0 Å². The highest BCUT2D eigenvalue weighted by Crippen LogP contribution is 2.39. The molecule has 0 amide bonds. The van der Waals surface area contributed by atoms with Crippen molar-refractivity contribution in [2.45, 2.75) is 0 Å². The molecule has 63 heavy (non-hydrogen) atoms. The normalized spacial score (nSPS) is 11.8. The van der Waals surface area contributed by atoms with E-state index in [2.05, 4.69) is 209 Å². The quantitative estimate of drug-likeness (QED) is 0.168. The highest BCUT2D eigenvalue weighted by atomic mass is 16.3. The monoisotopic (exact) mass is 805 g/mol. The maximum absolute atomic E-state index is 6.52. The number of nitrogens with zero attached hydrogens (tertiary/aromatic N) is 5. The number of aromatic nitrogens is 5. The second kappa shape index (κ2) is 14.0.